The second kappa shape index (κ2) is 4.84. The number of hydrogen-bond acceptors (Lipinski definition) is 2. The van der Waals surface area contributed by atoms with Crippen molar-refractivity contribution in [1.29, 1.82) is 0 Å². The lowest BCUT2D eigenvalue weighted by atomic mass is 10.2. The lowest BCUT2D eigenvalue weighted by molar-refractivity contribution is 0.416. The molecule has 3 nitrogen and oxygen atoms in total. The molecular weight excluding hydrogens is 266 g/mol. The number of aryl methyl sites for hydroxylation is 1. The van der Waals surface area contributed by atoms with Crippen molar-refractivity contribution < 1.29 is 9.16 Å². The molecule has 0 fully saturated rings. The molecule has 0 saturated carbocycles. The summed E-state index contributed by atoms with van der Waals surface area (Å²) in [6.45, 7) is 11.3. The smallest absolute Gasteiger partial charge is 0.252 e. The number of benzene rings is 1. The molecule has 0 aliphatic rings. The van der Waals surface area contributed by atoms with Gasteiger partial charge < -0.3 is 13.7 Å². The van der Waals surface area contributed by atoms with E-state index in [4.69, 9.17) is 9.16 Å². The van der Waals surface area contributed by atoms with Crippen LogP contribution in [0.3, 0.4) is 0 Å². The Bertz CT molecular complexity index is 623. The standard InChI is InChI=1S/C16H25NO2Si/c1-16(2,3)20(6,7)19-14-11-12-9-8-10-13(18-5)15(12)17(14)4/h8-11H,1-7H3. The number of rotatable bonds is 3. The molecule has 0 aliphatic heterocycles. The Morgan fingerprint density at radius 3 is 2.35 bits per heavy atom. The van der Waals surface area contributed by atoms with Gasteiger partial charge in [-0.1, -0.05) is 32.9 Å². The highest BCUT2D eigenvalue weighted by atomic mass is 28.4. The van der Waals surface area contributed by atoms with Crippen LogP contribution in [0.4, 0.5) is 0 Å². The second-order valence-electron chi connectivity index (χ2n) is 6.80. The van der Waals surface area contributed by atoms with Crippen LogP contribution in [0.25, 0.3) is 10.9 Å². The van der Waals surface area contributed by atoms with Gasteiger partial charge in [0.2, 0.25) is 0 Å². The highest BCUT2D eigenvalue weighted by Gasteiger charge is 2.39. The summed E-state index contributed by atoms with van der Waals surface area (Å²) in [4.78, 5) is 0. The van der Waals surface area contributed by atoms with Gasteiger partial charge in [0.1, 0.15) is 5.75 Å². The molecule has 0 unspecified atom stereocenters. The molecule has 20 heavy (non-hydrogen) atoms. The zero-order chi connectivity index (χ0) is 15.1. The molecule has 2 rings (SSSR count). The predicted molar refractivity (Wildman–Crippen MR) is 87.3 cm³/mol. The minimum absolute atomic E-state index is 0.188. The van der Waals surface area contributed by atoms with Crippen LogP contribution in [0.5, 0.6) is 11.6 Å². The Balaban J connectivity index is 2.50. The lowest BCUT2D eigenvalue weighted by Crippen LogP contribution is -2.44. The molecule has 1 aromatic heterocycles. The topological polar surface area (TPSA) is 23.4 Å². The van der Waals surface area contributed by atoms with Gasteiger partial charge in [-0.05, 0) is 24.2 Å². The van der Waals surface area contributed by atoms with Crippen LogP contribution in [0.1, 0.15) is 20.8 Å². The van der Waals surface area contributed by atoms with E-state index in [2.05, 4.69) is 50.6 Å². The van der Waals surface area contributed by atoms with E-state index in [1.165, 1.54) is 0 Å². The van der Waals surface area contributed by atoms with Crippen molar-refractivity contribution in [3.63, 3.8) is 0 Å². The van der Waals surface area contributed by atoms with Crippen LogP contribution in [0.15, 0.2) is 24.3 Å². The highest BCUT2D eigenvalue weighted by Crippen LogP contribution is 2.39. The van der Waals surface area contributed by atoms with Crippen LogP contribution in [0.2, 0.25) is 18.1 Å². The molecule has 110 valence electrons. The number of methoxy groups -OCH3 is 1. The van der Waals surface area contributed by atoms with Crippen LogP contribution in [0, 0.1) is 0 Å². The lowest BCUT2D eigenvalue weighted by Gasteiger charge is -2.36. The zero-order valence-electron chi connectivity index (χ0n) is 13.6. The summed E-state index contributed by atoms with van der Waals surface area (Å²) in [6.07, 6.45) is 0. The summed E-state index contributed by atoms with van der Waals surface area (Å²) in [5, 5.41) is 1.34. The van der Waals surface area contributed by atoms with E-state index < -0.39 is 8.32 Å². The third-order valence-electron chi connectivity index (χ3n) is 4.36. The summed E-state index contributed by atoms with van der Waals surface area (Å²) in [5.74, 6) is 1.81. The van der Waals surface area contributed by atoms with Gasteiger partial charge in [-0.15, -0.1) is 0 Å². The maximum absolute atomic E-state index is 6.43. The molecule has 0 saturated heterocycles. The fourth-order valence-electron chi connectivity index (χ4n) is 2.03. The first kappa shape index (κ1) is 15.0. The average molecular weight is 291 g/mol. The molecule has 0 atom stereocenters. The van der Waals surface area contributed by atoms with Crippen molar-refractivity contribution in [1.82, 2.24) is 4.57 Å². The third kappa shape index (κ3) is 2.44. The van der Waals surface area contributed by atoms with E-state index >= 15 is 0 Å². The van der Waals surface area contributed by atoms with E-state index in [0.717, 1.165) is 22.5 Å². The Kier molecular flexibility index (Phi) is 3.63. The van der Waals surface area contributed by atoms with Crippen molar-refractivity contribution in [2.75, 3.05) is 7.11 Å². The second-order valence-corrected chi connectivity index (χ2v) is 11.5. The Hall–Kier alpha value is -1.42. The number of aromatic nitrogens is 1. The van der Waals surface area contributed by atoms with Crippen molar-refractivity contribution in [3.8, 4) is 11.6 Å². The molecule has 0 aliphatic carbocycles. The largest absolute Gasteiger partial charge is 0.532 e. The maximum atomic E-state index is 6.43. The van der Waals surface area contributed by atoms with Gasteiger partial charge in [0, 0.05) is 18.5 Å². The minimum atomic E-state index is -1.83. The van der Waals surface area contributed by atoms with E-state index in [1.54, 1.807) is 7.11 Å². The fraction of sp³-hybridized carbons (Fsp3) is 0.500. The highest BCUT2D eigenvalue weighted by molar-refractivity contribution is 6.74. The first-order chi connectivity index (χ1) is 9.17. The van der Waals surface area contributed by atoms with Gasteiger partial charge in [0.25, 0.3) is 8.32 Å². The van der Waals surface area contributed by atoms with E-state index in [9.17, 15) is 0 Å². The summed E-state index contributed by atoms with van der Waals surface area (Å²) in [7, 11) is 1.91. The molecule has 0 radical (unpaired) electrons. The molecule has 1 aromatic carbocycles. The van der Waals surface area contributed by atoms with E-state index in [1.807, 2.05) is 19.2 Å². The average Bonchev–Trinajstić information content (AvgIpc) is 2.64. The van der Waals surface area contributed by atoms with E-state index in [-0.39, 0.29) is 5.04 Å². The van der Waals surface area contributed by atoms with Crippen molar-refractivity contribution in [2.24, 2.45) is 7.05 Å². The summed E-state index contributed by atoms with van der Waals surface area (Å²) in [5.41, 5.74) is 1.09. The first-order valence-electron chi connectivity index (χ1n) is 6.99. The summed E-state index contributed by atoms with van der Waals surface area (Å²) in [6, 6.07) is 8.20. The normalized spacial score (nSPS) is 12.8. The quantitative estimate of drug-likeness (QED) is 0.773. The molecule has 1 heterocycles. The molecule has 0 spiro atoms. The summed E-state index contributed by atoms with van der Waals surface area (Å²) < 4.78 is 14.0. The number of fused-ring (bicyclic) bond motifs is 1. The Labute approximate surface area is 122 Å². The van der Waals surface area contributed by atoms with Gasteiger partial charge in [0.05, 0.1) is 12.6 Å². The zero-order valence-corrected chi connectivity index (χ0v) is 14.6. The molecule has 2 aromatic rings. The number of nitrogens with zero attached hydrogens (tertiary/aromatic N) is 1. The third-order valence-corrected chi connectivity index (χ3v) is 8.69. The summed E-state index contributed by atoms with van der Waals surface area (Å²) >= 11 is 0. The van der Waals surface area contributed by atoms with Crippen LogP contribution < -0.4 is 9.16 Å². The Morgan fingerprint density at radius 1 is 1.15 bits per heavy atom. The van der Waals surface area contributed by atoms with Gasteiger partial charge >= 0.3 is 0 Å². The van der Waals surface area contributed by atoms with Crippen LogP contribution in [-0.4, -0.2) is 20.0 Å². The first-order valence-corrected chi connectivity index (χ1v) is 9.89. The molecule has 0 bridgehead atoms. The maximum Gasteiger partial charge on any atom is 0.252 e. The van der Waals surface area contributed by atoms with Gasteiger partial charge in [-0.25, -0.2) is 0 Å². The minimum Gasteiger partial charge on any atom is -0.532 e. The van der Waals surface area contributed by atoms with Gasteiger partial charge in [-0.2, -0.15) is 0 Å². The van der Waals surface area contributed by atoms with Gasteiger partial charge in [-0.3, -0.25) is 0 Å². The fourth-order valence-corrected chi connectivity index (χ4v) is 3.06. The number of hydrogen-bond donors (Lipinski definition) is 0. The number of ether oxygens (including phenoxy) is 1. The SMILES string of the molecule is COc1cccc2cc(O[Si](C)(C)C(C)(C)C)n(C)c12. The molecule has 0 N–H and O–H groups in total. The molecule has 4 heteroatoms. The van der Waals surface area contributed by atoms with Crippen LogP contribution >= 0.6 is 0 Å². The van der Waals surface area contributed by atoms with Crippen molar-refractivity contribution in [2.45, 2.75) is 38.9 Å². The van der Waals surface area contributed by atoms with Crippen molar-refractivity contribution in [3.05, 3.63) is 24.3 Å². The predicted octanol–water partition coefficient (Wildman–Crippen LogP) is 4.57. The van der Waals surface area contributed by atoms with Gasteiger partial charge in [0.15, 0.2) is 5.88 Å². The van der Waals surface area contributed by atoms with Crippen molar-refractivity contribution >= 4 is 19.2 Å². The Morgan fingerprint density at radius 2 is 1.80 bits per heavy atom. The molecule has 0 amide bonds. The monoisotopic (exact) mass is 291 g/mol. The van der Waals surface area contributed by atoms with E-state index in [0.29, 0.717) is 0 Å². The number of para-hydroxylation sites is 1. The van der Waals surface area contributed by atoms with Crippen LogP contribution in [-0.2, 0) is 7.05 Å². The molecular formula is C16H25NO2Si.